The number of aromatic nitrogens is 2. The van der Waals surface area contributed by atoms with Gasteiger partial charge in [-0.15, -0.1) is 0 Å². The average Bonchev–Trinajstić information content (AvgIpc) is 2.43. The lowest BCUT2D eigenvalue weighted by molar-refractivity contribution is 0.0929. The molecule has 1 rings (SSSR count). The van der Waals surface area contributed by atoms with E-state index in [-0.39, 0.29) is 11.2 Å². The van der Waals surface area contributed by atoms with Gasteiger partial charge in [-0.05, 0) is 12.3 Å². The predicted octanol–water partition coefficient (Wildman–Crippen LogP) is 3.18. The zero-order chi connectivity index (χ0) is 11.6. The van der Waals surface area contributed by atoms with Crippen molar-refractivity contribution in [1.82, 2.24) is 9.78 Å². The lowest BCUT2D eigenvalue weighted by Gasteiger charge is -2.17. The van der Waals surface area contributed by atoms with Gasteiger partial charge in [-0.25, -0.2) is 0 Å². The van der Waals surface area contributed by atoms with Gasteiger partial charge in [0.1, 0.15) is 5.69 Å². The smallest absolute Gasteiger partial charge is 0.182 e. The van der Waals surface area contributed by atoms with Gasteiger partial charge in [0.05, 0.1) is 11.2 Å². The van der Waals surface area contributed by atoms with Crippen molar-refractivity contribution in [2.75, 3.05) is 0 Å². The second-order valence-electron chi connectivity index (χ2n) is 4.82. The van der Waals surface area contributed by atoms with Gasteiger partial charge in [-0.2, -0.15) is 5.10 Å². The molecule has 0 atom stereocenters. The normalized spacial score (nSPS) is 11.8. The topological polar surface area (TPSA) is 34.9 Å². The Hall–Kier alpha value is -0.830. The zero-order valence-electron chi connectivity index (χ0n) is 9.67. The molecule has 0 aliphatic carbocycles. The Morgan fingerprint density at radius 3 is 2.60 bits per heavy atom. The summed E-state index contributed by atoms with van der Waals surface area (Å²) >= 11 is 5.94. The molecule has 0 saturated carbocycles. The Bertz CT molecular complexity index is 363. The number of hydrogen-bond donors (Lipinski definition) is 0. The molecule has 1 aromatic heterocycles. The van der Waals surface area contributed by atoms with Crippen LogP contribution in [0, 0.1) is 5.41 Å². The Morgan fingerprint density at radius 2 is 2.13 bits per heavy atom. The summed E-state index contributed by atoms with van der Waals surface area (Å²) in [6.45, 7) is 8.71. The molecular formula is C11H17ClN2O. The molecule has 0 aliphatic rings. The lowest BCUT2D eigenvalue weighted by Crippen LogP contribution is -2.17. The van der Waals surface area contributed by atoms with Gasteiger partial charge in [0.25, 0.3) is 0 Å². The van der Waals surface area contributed by atoms with Crippen LogP contribution in [0.3, 0.4) is 0 Å². The van der Waals surface area contributed by atoms with E-state index in [4.69, 9.17) is 11.6 Å². The van der Waals surface area contributed by atoms with Gasteiger partial charge >= 0.3 is 0 Å². The molecule has 1 heterocycles. The van der Waals surface area contributed by atoms with Crippen molar-refractivity contribution < 1.29 is 4.79 Å². The van der Waals surface area contributed by atoms with Crippen molar-refractivity contribution in [2.45, 2.75) is 40.7 Å². The average molecular weight is 229 g/mol. The Labute approximate surface area is 95.4 Å². The van der Waals surface area contributed by atoms with Gasteiger partial charge in [0, 0.05) is 13.0 Å². The molecule has 0 fully saturated rings. The number of carbonyl (C=O) groups is 1. The first-order valence-corrected chi connectivity index (χ1v) is 5.47. The predicted molar refractivity (Wildman–Crippen MR) is 61.3 cm³/mol. The van der Waals surface area contributed by atoms with Crippen molar-refractivity contribution in [3.8, 4) is 0 Å². The first-order chi connectivity index (χ1) is 6.85. The Balaban J connectivity index is 2.95. The third-order valence-corrected chi connectivity index (χ3v) is 2.33. The number of rotatable bonds is 3. The molecule has 84 valence electrons. The molecule has 0 spiro atoms. The first-order valence-electron chi connectivity index (χ1n) is 5.09. The van der Waals surface area contributed by atoms with Gasteiger partial charge in [-0.1, -0.05) is 32.4 Å². The minimum atomic E-state index is -0.0245. The molecule has 0 aromatic carbocycles. The molecule has 4 heteroatoms. The van der Waals surface area contributed by atoms with Gasteiger partial charge in [0.15, 0.2) is 5.78 Å². The fourth-order valence-corrected chi connectivity index (χ4v) is 1.69. The number of nitrogens with zero attached hydrogens (tertiary/aromatic N) is 2. The van der Waals surface area contributed by atoms with Crippen molar-refractivity contribution in [3.05, 3.63) is 16.9 Å². The SMILES string of the molecule is CCn1ncc(Cl)c1C(=O)CC(C)(C)C. The highest BCUT2D eigenvalue weighted by atomic mass is 35.5. The van der Waals surface area contributed by atoms with Crippen molar-refractivity contribution in [3.63, 3.8) is 0 Å². The van der Waals surface area contributed by atoms with Crippen LogP contribution < -0.4 is 0 Å². The molecule has 0 saturated heterocycles. The maximum absolute atomic E-state index is 12.0. The van der Waals surface area contributed by atoms with E-state index < -0.39 is 0 Å². The third-order valence-electron chi connectivity index (χ3n) is 2.05. The summed E-state index contributed by atoms with van der Waals surface area (Å²) in [5.41, 5.74) is 0.512. The quantitative estimate of drug-likeness (QED) is 0.745. The fraction of sp³-hybridized carbons (Fsp3) is 0.636. The summed E-state index contributed by atoms with van der Waals surface area (Å²) in [7, 11) is 0. The lowest BCUT2D eigenvalue weighted by atomic mass is 9.89. The highest BCUT2D eigenvalue weighted by Gasteiger charge is 2.22. The molecule has 0 aliphatic heterocycles. The highest BCUT2D eigenvalue weighted by Crippen LogP contribution is 2.24. The van der Waals surface area contributed by atoms with Gasteiger partial charge < -0.3 is 0 Å². The monoisotopic (exact) mass is 228 g/mol. The molecule has 0 bridgehead atoms. The molecular weight excluding hydrogens is 212 g/mol. The van der Waals surface area contributed by atoms with Crippen LogP contribution in [0.2, 0.25) is 5.02 Å². The summed E-state index contributed by atoms with van der Waals surface area (Å²) in [5, 5.41) is 4.50. The fourth-order valence-electron chi connectivity index (χ4n) is 1.44. The standard InChI is InChI=1S/C11H17ClN2O/c1-5-14-10(8(12)7-13-14)9(15)6-11(2,3)4/h7H,5-6H2,1-4H3. The van der Waals surface area contributed by atoms with Crippen LogP contribution in [0.15, 0.2) is 6.20 Å². The van der Waals surface area contributed by atoms with Crippen LogP contribution >= 0.6 is 11.6 Å². The van der Waals surface area contributed by atoms with Crippen LogP contribution in [0.5, 0.6) is 0 Å². The highest BCUT2D eigenvalue weighted by molar-refractivity contribution is 6.33. The summed E-state index contributed by atoms with van der Waals surface area (Å²) < 4.78 is 1.65. The maximum atomic E-state index is 12.0. The van der Waals surface area contributed by atoms with Crippen LogP contribution in [-0.4, -0.2) is 15.6 Å². The van der Waals surface area contributed by atoms with E-state index in [1.807, 2.05) is 27.7 Å². The molecule has 3 nitrogen and oxygen atoms in total. The van der Waals surface area contributed by atoms with Crippen LogP contribution in [-0.2, 0) is 6.54 Å². The van der Waals surface area contributed by atoms with E-state index in [1.54, 1.807) is 4.68 Å². The summed E-state index contributed by atoms with van der Waals surface area (Å²) in [6, 6.07) is 0. The van der Waals surface area contributed by atoms with Crippen LogP contribution in [0.4, 0.5) is 0 Å². The molecule has 0 amide bonds. The number of Topliss-reactive ketones (excluding diaryl/α,β-unsaturated/α-hetero) is 1. The summed E-state index contributed by atoms with van der Waals surface area (Å²) in [5.74, 6) is 0.0619. The Kier molecular flexibility index (Phi) is 3.55. The third kappa shape index (κ3) is 3.06. The molecule has 1 aromatic rings. The second kappa shape index (κ2) is 4.35. The maximum Gasteiger partial charge on any atom is 0.182 e. The number of hydrogen-bond acceptors (Lipinski definition) is 2. The van der Waals surface area contributed by atoms with Crippen LogP contribution in [0.1, 0.15) is 44.6 Å². The van der Waals surface area contributed by atoms with E-state index in [1.165, 1.54) is 6.20 Å². The number of aryl methyl sites for hydroxylation is 1. The number of halogens is 1. The van der Waals surface area contributed by atoms with Gasteiger partial charge in [-0.3, -0.25) is 9.48 Å². The molecule has 0 radical (unpaired) electrons. The van der Waals surface area contributed by atoms with Gasteiger partial charge in [0.2, 0.25) is 0 Å². The van der Waals surface area contributed by atoms with E-state index in [9.17, 15) is 4.79 Å². The van der Waals surface area contributed by atoms with Crippen molar-refractivity contribution >= 4 is 17.4 Å². The molecule has 0 unspecified atom stereocenters. The van der Waals surface area contributed by atoms with Crippen LogP contribution in [0.25, 0.3) is 0 Å². The van der Waals surface area contributed by atoms with E-state index in [2.05, 4.69) is 5.10 Å². The molecule has 0 N–H and O–H groups in total. The van der Waals surface area contributed by atoms with E-state index in [0.29, 0.717) is 23.7 Å². The summed E-state index contributed by atoms with van der Waals surface area (Å²) in [6.07, 6.45) is 2.01. The summed E-state index contributed by atoms with van der Waals surface area (Å²) in [4.78, 5) is 12.0. The zero-order valence-corrected chi connectivity index (χ0v) is 10.4. The Morgan fingerprint density at radius 1 is 1.53 bits per heavy atom. The molecule has 15 heavy (non-hydrogen) atoms. The van der Waals surface area contributed by atoms with E-state index >= 15 is 0 Å². The minimum Gasteiger partial charge on any atom is -0.292 e. The second-order valence-corrected chi connectivity index (χ2v) is 5.22. The largest absolute Gasteiger partial charge is 0.292 e. The number of carbonyl (C=O) groups excluding carboxylic acids is 1. The minimum absolute atomic E-state index is 0.0245. The van der Waals surface area contributed by atoms with Crippen molar-refractivity contribution in [2.24, 2.45) is 5.41 Å². The van der Waals surface area contributed by atoms with Crippen molar-refractivity contribution in [1.29, 1.82) is 0 Å². The first kappa shape index (κ1) is 12.2. The number of ketones is 1. The van der Waals surface area contributed by atoms with E-state index in [0.717, 1.165) is 0 Å².